The Morgan fingerprint density at radius 3 is 0.825 bits per heavy atom. The molecule has 6 nitrogen and oxygen atoms in total. The molecule has 0 saturated heterocycles. The highest BCUT2D eigenvalue weighted by Crippen LogP contribution is 2.50. The van der Waals surface area contributed by atoms with Crippen molar-refractivity contribution in [2.24, 2.45) is 0 Å². The van der Waals surface area contributed by atoms with Crippen LogP contribution in [0.4, 0.5) is 51.2 Å². The standard InChI is InChI=1S/3C40H25NO/c1-2-11-27(12-3-1)41(38-18-9-16-36-35-14-6-7-19-39(35)42-40(36)38)37-17-8-15-29-32-23-22-30-28-13-5-4-10-26(28)20-21-31(30)33(32)24-25-34(29)37;1-2-10-28(11-3-1)41(38-15-8-14-37-36-13-6-7-16-39(36)42-40(37)38)29-19-22-31-27(25-29)18-21-35-33(31)24-23-32-30-12-5-4-9-26(30)17-20-34(32)35;1-2-9-28(10-3-1)41(30-17-23-40-38(25-30)37-12-6-7-13-39(37)42-40)29-16-20-32-27(24-29)15-19-36-34(32)22-21-33-31-11-5-4-8-26(31)14-18-35(33)36/h3*1-25H. The number of benzene rings is 24. The highest BCUT2D eigenvalue weighted by Gasteiger charge is 2.25. The zero-order chi connectivity index (χ0) is 82.9. The van der Waals surface area contributed by atoms with Gasteiger partial charge < -0.3 is 28.0 Å². The second-order valence-electron chi connectivity index (χ2n) is 32.8. The van der Waals surface area contributed by atoms with Crippen molar-refractivity contribution in [2.75, 3.05) is 14.7 Å². The quantitative estimate of drug-likeness (QED) is 0.134. The van der Waals surface area contributed by atoms with E-state index < -0.39 is 0 Å². The minimum atomic E-state index is 0.887. The molecule has 0 amide bonds. The van der Waals surface area contributed by atoms with E-state index in [0.717, 1.165) is 117 Å². The fourth-order valence-corrected chi connectivity index (χ4v) is 20.1. The first kappa shape index (κ1) is 72.1. The lowest BCUT2D eigenvalue weighted by Crippen LogP contribution is -2.10. The molecule has 0 spiro atoms. The van der Waals surface area contributed by atoms with Gasteiger partial charge in [-0.3, -0.25) is 0 Å². The Kier molecular flexibility index (Phi) is 16.9. The van der Waals surface area contributed by atoms with Crippen LogP contribution in [0.2, 0.25) is 0 Å². The molecule has 0 radical (unpaired) electrons. The van der Waals surface area contributed by atoms with Crippen molar-refractivity contribution in [3.63, 3.8) is 0 Å². The molecule has 0 N–H and O–H groups in total. The van der Waals surface area contributed by atoms with Crippen molar-refractivity contribution in [2.45, 2.75) is 0 Å². The van der Waals surface area contributed by atoms with Gasteiger partial charge in [-0.15, -0.1) is 0 Å². The molecule has 0 fully saturated rings. The van der Waals surface area contributed by atoms with Crippen LogP contribution in [-0.4, -0.2) is 0 Å². The second-order valence-corrected chi connectivity index (χ2v) is 32.8. The molecule has 588 valence electrons. The Morgan fingerprint density at radius 2 is 0.381 bits per heavy atom. The highest BCUT2D eigenvalue weighted by atomic mass is 16.3. The number of rotatable bonds is 9. The highest BCUT2D eigenvalue weighted by molar-refractivity contribution is 6.27. The van der Waals surface area contributed by atoms with Crippen LogP contribution < -0.4 is 14.7 Å². The molecule has 0 unspecified atom stereocenters. The molecule has 126 heavy (non-hydrogen) atoms. The summed E-state index contributed by atoms with van der Waals surface area (Å²) in [6, 6.07) is 163. The van der Waals surface area contributed by atoms with E-state index in [-0.39, 0.29) is 0 Å². The van der Waals surface area contributed by atoms with Crippen LogP contribution in [0.15, 0.2) is 468 Å². The van der Waals surface area contributed by atoms with Crippen LogP contribution in [0.25, 0.3) is 195 Å². The number of nitrogens with zero attached hydrogens (tertiary/aromatic N) is 3. The largest absolute Gasteiger partial charge is 0.456 e. The van der Waals surface area contributed by atoms with Crippen LogP contribution >= 0.6 is 0 Å². The van der Waals surface area contributed by atoms with E-state index in [1.54, 1.807) is 0 Å². The summed E-state index contributed by atoms with van der Waals surface area (Å²) in [5.74, 6) is 0. The van der Waals surface area contributed by atoms with Gasteiger partial charge in [0.05, 0.1) is 17.1 Å². The van der Waals surface area contributed by atoms with E-state index in [2.05, 4.69) is 433 Å². The Bertz CT molecular complexity index is 9080. The maximum Gasteiger partial charge on any atom is 0.159 e. The van der Waals surface area contributed by atoms with Crippen molar-refractivity contribution < 1.29 is 13.3 Å². The van der Waals surface area contributed by atoms with E-state index in [1.165, 1.54) is 129 Å². The molecule has 0 saturated carbocycles. The molecule has 27 aromatic rings. The van der Waals surface area contributed by atoms with Gasteiger partial charge in [0, 0.05) is 71.8 Å². The maximum absolute atomic E-state index is 6.53. The van der Waals surface area contributed by atoms with Gasteiger partial charge in [-0.25, -0.2) is 0 Å². The third-order valence-electron chi connectivity index (χ3n) is 25.9. The van der Waals surface area contributed by atoms with Gasteiger partial charge >= 0.3 is 0 Å². The van der Waals surface area contributed by atoms with Crippen molar-refractivity contribution >= 4 is 246 Å². The number of para-hydroxylation sites is 8. The van der Waals surface area contributed by atoms with E-state index in [9.17, 15) is 0 Å². The fourth-order valence-electron chi connectivity index (χ4n) is 20.1. The maximum atomic E-state index is 6.53. The fraction of sp³-hybridized carbons (Fsp3) is 0. The first-order chi connectivity index (χ1) is 62.5. The number of anilines is 9. The summed E-state index contributed by atoms with van der Waals surface area (Å²) in [6.45, 7) is 0. The first-order valence-corrected chi connectivity index (χ1v) is 43.1. The van der Waals surface area contributed by atoms with Crippen LogP contribution in [0.1, 0.15) is 0 Å². The van der Waals surface area contributed by atoms with Crippen molar-refractivity contribution in [3.05, 3.63) is 455 Å². The Hall–Kier alpha value is -16.8. The topological polar surface area (TPSA) is 49.1 Å². The van der Waals surface area contributed by atoms with E-state index in [4.69, 9.17) is 13.3 Å². The van der Waals surface area contributed by atoms with Crippen molar-refractivity contribution in [1.82, 2.24) is 0 Å². The molecule has 3 aromatic heterocycles. The van der Waals surface area contributed by atoms with Gasteiger partial charge in [0.15, 0.2) is 11.2 Å². The van der Waals surface area contributed by atoms with Gasteiger partial charge in [0.1, 0.15) is 22.3 Å². The summed E-state index contributed by atoms with van der Waals surface area (Å²) < 4.78 is 19.1. The lowest BCUT2D eigenvalue weighted by molar-refractivity contribution is 0.668. The molecule has 0 bridgehead atoms. The zero-order valence-corrected chi connectivity index (χ0v) is 68.4. The number of furan rings is 3. The molecular formula is C120H75N3O3. The van der Waals surface area contributed by atoms with Crippen LogP contribution in [0.3, 0.4) is 0 Å². The molecule has 6 heteroatoms. The lowest BCUT2D eigenvalue weighted by Gasteiger charge is -2.27. The predicted octanol–water partition coefficient (Wildman–Crippen LogP) is 35.0. The van der Waals surface area contributed by atoms with Gasteiger partial charge in [-0.1, -0.05) is 340 Å². The molecule has 0 aliphatic rings. The molecule has 27 rings (SSSR count). The van der Waals surface area contributed by atoms with Crippen molar-refractivity contribution in [1.29, 1.82) is 0 Å². The predicted molar refractivity (Wildman–Crippen MR) is 535 cm³/mol. The van der Waals surface area contributed by atoms with E-state index in [1.807, 2.05) is 36.4 Å². The second kappa shape index (κ2) is 29.5. The van der Waals surface area contributed by atoms with Gasteiger partial charge in [-0.05, 0) is 239 Å². The Morgan fingerprint density at radius 1 is 0.119 bits per heavy atom. The Balaban J connectivity index is 0.000000103. The smallest absolute Gasteiger partial charge is 0.159 e. The monoisotopic (exact) mass is 1610 g/mol. The molecule has 3 heterocycles. The minimum absolute atomic E-state index is 0.887. The number of hydrogen-bond donors (Lipinski definition) is 0. The first-order valence-electron chi connectivity index (χ1n) is 43.1. The number of hydrogen-bond acceptors (Lipinski definition) is 6. The SMILES string of the molecule is c1ccc(N(c2ccc3c(ccc4c3ccc3c5ccccc5ccc34)c2)c2ccc3oc4ccccc4c3c2)cc1.c1ccc(N(c2ccc3c(ccc4c3ccc3c5ccccc5ccc34)c2)c2cccc3c2oc2ccccc23)cc1.c1ccc(N(c2cccc3c2ccc2c3ccc3c4ccccc4ccc32)c2cccc3c2oc2ccccc23)cc1. The average molecular weight is 1610 g/mol. The van der Waals surface area contributed by atoms with Gasteiger partial charge in [-0.2, -0.15) is 0 Å². The van der Waals surface area contributed by atoms with Crippen LogP contribution in [0.5, 0.6) is 0 Å². The third-order valence-corrected chi connectivity index (χ3v) is 25.9. The molecule has 0 aliphatic heterocycles. The molecule has 24 aromatic carbocycles. The molecular weight excluding hydrogens is 1530 g/mol. The van der Waals surface area contributed by atoms with Crippen molar-refractivity contribution in [3.8, 4) is 0 Å². The number of fused-ring (bicyclic) bond motifs is 30. The van der Waals surface area contributed by atoms with E-state index >= 15 is 0 Å². The van der Waals surface area contributed by atoms with Gasteiger partial charge in [0.25, 0.3) is 0 Å². The minimum Gasteiger partial charge on any atom is -0.456 e. The summed E-state index contributed by atoms with van der Waals surface area (Å²) in [4.78, 5) is 6.98. The normalized spacial score (nSPS) is 11.8. The van der Waals surface area contributed by atoms with Gasteiger partial charge in [0.2, 0.25) is 0 Å². The summed E-state index contributed by atoms with van der Waals surface area (Å²) >= 11 is 0. The average Bonchev–Trinajstić information content (AvgIpc) is 1.47. The third kappa shape index (κ3) is 11.9. The lowest BCUT2D eigenvalue weighted by atomic mass is 9.93. The summed E-state index contributed by atoms with van der Waals surface area (Å²) in [5.41, 5.74) is 15.1. The molecule has 0 aliphatic carbocycles. The summed E-state index contributed by atoms with van der Waals surface area (Å²) in [5, 5.41) is 37.2. The Labute approximate surface area is 724 Å². The van der Waals surface area contributed by atoms with E-state index in [0.29, 0.717) is 0 Å². The zero-order valence-electron chi connectivity index (χ0n) is 68.4. The summed E-state index contributed by atoms with van der Waals surface area (Å²) in [6.07, 6.45) is 0. The molecule has 0 atom stereocenters. The van der Waals surface area contributed by atoms with Crippen LogP contribution in [0, 0.1) is 0 Å². The summed E-state index contributed by atoms with van der Waals surface area (Å²) in [7, 11) is 0. The van der Waals surface area contributed by atoms with Crippen LogP contribution in [-0.2, 0) is 0 Å².